The van der Waals surface area contributed by atoms with Crippen molar-refractivity contribution < 1.29 is 9.53 Å². The standard InChI is InChI=1S/C13H17NO2/c1-5-6-11(15)7-12-10(3)13(16-4)9(2)8-14-12/h5-6,8H,7H2,1-4H3/b6-5+. The van der Waals surface area contributed by atoms with Gasteiger partial charge in [-0.2, -0.15) is 0 Å². The van der Waals surface area contributed by atoms with Gasteiger partial charge in [-0.3, -0.25) is 9.78 Å². The second kappa shape index (κ2) is 5.45. The molecule has 1 rings (SSSR count). The van der Waals surface area contributed by atoms with Crippen LogP contribution in [0.4, 0.5) is 0 Å². The summed E-state index contributed by atoms with van der Waals surface area (Å²) >= 11 is 0. The highest BCUT2D eigenvalue weighted by Crippen LogP contribution is 2.24. The Kier molecular flexibility index (Phi) is 4.23. The van der Waals surface area contributed by atoms with Crippen molar-refractivity contribution >= 4 is 5.78 Å². The number of ether oxygens (including phenoxy) is 1. The van der Waals surface area contributed by atoms with E-state index in [0.29, 0.717) is 6.42 Å². The molecule has 1 aromatic heterocycles. The molecule has 0 atom stereocenters. The fourth-order valence-corrected chi connectivity index (χ4v) is 1.66. The Hall–Kier alpha value is -1.64. The number of ketones is 1. The molecule has 0 amide bonds. The number of allylic oxidation sites excluding steroid dienone is 2. The Morgan fingerprint density at radius 3 is 2.75 bits per heavy atom. The number of methoxy groups -OCH3 is 1. The van der Waals surface area contributed by atoms with Crippen molar-refractivity contribution in [2.75, 3.05) is 7.11 Å². The average Bonchev–Trinajstić information content (AvgIpc) is 2.23. The molecule has 1 aromatic rings. The third kappa shape index (κ3) is 2.69. The van der Waals surface area contributed by atoms with E-state index in [1.807, 2.05) is 20.8 Å². The third-order valence-corrected chi connectivity index (χ3v) is 2.44. The number of nitrogens with zero attached hydrogens (tertiary/aromatic N) is 1. The van der Waals surface area contributed by atoms with Crippen molar-refractivity contribution in [2.45, 2.75) is 27.2 Å². The highest BCUT2D eigenvalue weighted by Gasteiger charge is 2.11. The van der Waals surface area contributed by atoms with Gasteiger partial charge in [0, 0.05) is 17.3 Å². The molecular weight excluding hydrogens is 202 g/mol. The highest BCUT2D eigenvalue weighted by atomic mass is 16.5. The van der Waals surface area contributed by atoms with Gasteiger partial charge in [0.15, 0.2) is 5.78 Å². The van der Waals surface area contributed by atoms with Crippen molar-refractivity contribution in [3.63, 3.8) is 0 Å². The quantitative estimate of drug-likeness (QED) is 0.730. The van der Waals surface area contributed by atoms with Gasteiger partial charge in [-0.25, -0.2) is 0 Å². The maximum Gasteiger partial charge on any atom is 0.161 e. The number of aromatic nitrogens is 1. The van der Waals surface area contributed by atoms with Gasteiger partial charge in [-0.05, 0) is 26.8 Å². The van der Waals surface area contributed by atoms with Gasteiger partial charge in [0.1, 0.15) is 5.75 Å². The van der Waals surface area contributed by atoms with E-state index in [1.165, 1.54) is 0 Å². The summed E-state index contributed by atoms with van der Waals surface area (Å²) in [5.74, 6) is 0.877. The summed E-state index contributed by atoms with van der Waals surface area (Å²) in [5, 5.41) is 0. The predicted octanol–water partition coefficient (Wildman–Crippen LogP) is 2.39. The summed E-state index contributed by atoms with van der Waals surface area (Å²) in [4.78, 5) is 15.8. The Bertz CT molecular complexity index is 422. The van der Waals surface area contributed by atoms with Crippen LogP contribution in [0.25, 0.3) is 0 Å². The first kappa shape index (κ1) is 12.4. The summed E-state index contributed by atoms with van der Waals surface area (Å²) in [5.41, 5.74) is 2.72. The van der Waals surface area contributed by atoms with E-state index in [1.54, 1.807) is 25.5 Å². The number of rotatable bonds is 4. The predicted molar refractivity (Wildman–Crippen MR) is 63.8 cm³/mol. The Balaban J connectivity index is 3.02. The Morgan fingerprint density at radius 1 is 1.50 bits per heavy atom. The van der Waals surface area contributed by atoms with Crippen LogP contribution < -0.4 is 4.74 Å². The highest BCUT2D eigenvalue weighted by molar-refractivity contribution is 5.91. The molecule has 0 spiro atoms. The first-order valence-electron chi connectivity index (χ1n) is 5.24. The lowest BCUT2D eigenvalue weighted by molar-refractivity contribution is -0.114. The van der Waals surface area contributed by atoms with Gasteiger partial charge in [0.25, 0.3) is 0 Å². The van der Waals surface area contributed by atoms with Crippen molar-refractivity contribution in [3.8, 4) is 5.75 Å². The van der Waals surface area contributed by atoms with E-state index in [9.17, 15) is 4.79 Å². The Morgan fingerprint density at radius 2 is 2.19 bits per heavy atom. The van der Waals surface area contributed by atoms with Crippen molar-refractivity contribution in [1.82, 2.24) is 4.98 Å². The molecule has 0 aliphatic heterocycles. The van der Waals surface area contributed by atoms with E-state index >= 15 is 0 Å². The molecule has 16 heavy (non-hydrogen) atoms. The van der Waals surface area contributed by atoms with Gasteiger partial charge in [0.05, 0.1) is 19.2 Å². The molecule has 86 valence electrons. The number of hydrogen-bond donors (Lipinski definition) is 0. The molecule has 0 radical (unpaired) electrons. The molecule has 0 aliphatic rings. The molecule has 3 heteroatoms. The van der Waals surface area contributed by atoms with Crippen molar-refractivity contribution in [2.24, 2.45) is 0 Å². The van der Waals surface area contributed by atoms with Gasteiger partial charge in [0.2, 0.25) is 0 Å². The fourth-order valence-electron chi connectivity index (χ4n) is 1.66. The minimum absolute atomic E-state index is 0.0593. The number of pyridine rings is 1. The number of aryl methyl sites for hydroxylation is 1. The molecular formula is C13H17NO2. The van der Waals surface area contributed by atoms with Crippen LogP contribution >= 0.6 is 0 Å². The molecule has 0 saturated heterocycles. The summed E-state index contributed by atoms with van der Waals surface area (Å²) in [6.45, 7) is 5.70. The minimum Gasteiger partial charge on any atom is -0.496 e. The third-order valence-electron chi connectivity index (χ3n) is 2.44. The summed E-state index contributed by atoms with van der Waals surface area (Å²) < 4.78 is 5.29. The average molecular weight is 219 g/mol. The van der Waals surface area contributed by atoms with E-state index in [0.717, 1.165) is 22.6 Å². The van der Waals surface area contributed by atoms with Gasteiger partial charge in [-0.15, -0.1) is 0 Å². The van der Waals surface area contributed by atoms with Crippen LogP contribution in [0, 0.1) is 13.8 Å². The summed E-state index contributed by atoms with van der Waals surface area (Å²) in [6.07, 6.45) is 5.37. The van der Waals surface area contributed by atoms with E-state index < -0.39 is 0 Å². The maximum atomic E-state index is 11.5. The van der Waals surface area contributed by atoms with Crippen LogP contribution in [0.3, 0.4) is 0 Å². The fraction of sp³-hybridized carbons (Fsp3) is 0.385. The van der Waals surface area contributed by atoms with E-state index in [-0.39, 0.29) is 5.78 Å². The second-order valence-corrected chi connectivity index (χ2v) is 3.69. The smallest absolute Gasteiger partial charge is 0.161 e. The van der Waals surface area contributed by atoms with Crippen LogP contribution in [0.1, 0.15) is 23.7 Å². The van der Waals surface area contributed by atoms with Crippen LogP contribution in [0.2, 0.25) is 0 Å². The van der Waals surface area contributed by atoms with Crippen LogP contribution in [-0.4, -0.2) is 17.9 Å². The molecule has 0 aromatic carbocycles. The molecule has 0 saturated carbocycles. The molecule has 0 unspecified atom stereocenters. The zero-order valence-electron chi connectivity index (χ0n) is 10.2. The van der Waals surface area contributed by atoms with Gasteiger partial charge >= 0.3 is 0 Å². The largest absolute Gasteiger partial charge is 0.496 e. The van der Waals surface area contributed by atoms with Crippen molar-refractivity contribution in [3.05, 3.63) is 35.2 Å². The zero-order chi connectivity index (χ0) is 12.1. The molecule has 0 fully saturated rings. The molecule has 0 bridgehead atoms. The molecule has 0 N–H and O–H groups in total. The van der Waals surface area contributed by atoms with E-state index in [2.05, 4.69) is 4.98 Å². The first-order valence-corrected chi connectivity index (χ1v) is 5.24. The van der Waals surface area contributed by atoms with Gasteiger partial charge < -0.3 is 4.74 Å². The maximum absolute atomic E-state index is 11.5. The zero-order valence-corrected chi connectivity index (χ0v) is 10.2. The first-order chi connectivity index (χ1) is 7.60. The normalized spacial score (nSPS) is 10.8. The summed E-state index contributed by atoms with van der Waals surface area (Å²) in [6, 6.07) is 0. The number of hydrogen-bond acceptors (Lipinski definition) is 3. The van der Waals surface area contributed by atoms with Crippen LogP contribution in [-0.2, 0) is 11.2 Å². The lowest BCUT2D eigenvalue weighted by atomic mass is 10.1. The van der Waals surface area contributed by atoms with Crippen LogP contribution in [0.5, 0.6) is 5.75 Å². The van der Waals surface area contributed by atoms with Crippen molar-refractivity contribution in [1.29, 1.82) is 0 Å². The monoisotopic (exact) mass is 219 g/mol. The van der Waals surface area contributed by atoms with Gasteiger partial charge in [-0.1, -0.05) is 6.08 Å². The second-order valence-electron chi connectivity index (χ2n) is 3.69. The number of carbonyl (C=O) groups is 1. The minimum atomic E-state index is 0.0593. The van der Waals surface area contributed by atoms with E-state index in [4.69, 9.17) is 4.74 Å². The molecule has 3 nitrogen and oxygen atoms in total. The molecule has 1 heterocycles. The topological polar surface area (TPSA) is 39.2 Å². The molecule has 0 aliphatic carbocycles. The number of carbonyl (C=O) groups excluding carboxylic acids is 1. The lowest BCUT2D eigenvalue weighted by Crippen LogP contribution is -2.05. The van der Waals surface area contributed by atoms with Crippen LogP contribution in [0.15, 0.2) is 18.3 Å². The lowest BCUT2D eigenvalue weighted by Gasteiger charge is -2.11. The summed E-state index contributed by atoms with van der Waals surface area (Å²) in [7, 11) is 1.63. The SMILES string of the molecule is C/C=C/C(=O)Cc1ncc(C)c(OC)c1C. The Labute approximate surface area is 96.2 Å².